The molecule has 0 bridgehead atoms. The van der Waals surface area contributed by atoms with Gasteiger partial charge in [0.15, 0.2) is 4.34 Å². The van der Waals surface area contributed by atoms with Gasteiger partial charge in [-0.3, -0.25) is 10.1 Å². The fraction of sp³-hybridized carbons (Fsp3) is 0.375. The summed E-state index contributed by atoms with van der Waals surface area (Å²) in [6, 6.07) is 5.21. The third-order valence-corrected chi connectivity index (χ3v) is 5.97. The van der Waals surface area contributed by atoms with Gasteiger partial charge in [0.25, 0.3) is 0 Å². The topological polar surface area (TPSA) is 110 Å². The normalized spacial score (nSPS) is 12.0. The van der Waals surface area contributed by atoms with E-state index < -0.39 is 17.2 Å². The van der Waals surface area contributed by atoms with Crippen LogP contribution in [0, 0.1) is 19.8 Å². The van der Waals surface area contributed by atoms with Gasteiger partial charge in [-0.25, -0.2) is 4.79 Å². The highest BCUT2D eigenvalue weighted by atomic mass is 32.2. The Labute approximate surface area is 154 Å². The van der Waals surface area contributed by atoms with Gasteiger partial charge < -0.3 is 11.1 Å². The SMILES string of the molecule is Cc1ccc(Nc2nnc(S[C@H](C(=O)NC(N)=O)C(C)C)s2)cc1C. The lowest BCUT2D eigenvalue weighted by molar-refractivity contribution is -0.120. The highest BCUT2D eigenvalue weighted by Gasteiger charge is 2.26. The van der Waals surface area contributed by atoms with Gasteiger partial charge in [-0.05, 0) is 43.0 Å². The summed E-state index contributed by atoms with van der Waals surface area (Å²) in [5, 5.41) is 13.7. The molecule has 0 unspecified atom stereocenters. The van der Waals surface area contributed by atoms with Crippen molar-refractivity contribution in [3.63, 3.8) is 0 Å². The van der Waals surface area contributed by atoms with Crippen LogP contribution in [0.3, 0.4) is 0 Å². The number of carbonyl (C=O) groups is 2. The molecule has 0 saturated heterocycles. The van der Waals surface area contributed by atoms with Gasteiger partial charge in [-0.15, -0.1) is 10.2 Å². The monoisotopic (exact) mass is 379 g/mol. The van der Waals surface area contributed by atoms with Crippen LogP contribution >= 0.6 is 23.1 Å². The molecule has 0 spiro atoms. The quantitative estimate of drug-likeness (QED) is 0.665. The van der Waals surface area contributed by atoms with Crippen molar-refractivity contribution in [2.45, 2.75) is 37.3 Å². The maximum absolute atomic E-state index is 12.1. The minimum Gasteiger partial charge on any atom is -0.351 e. The predicted octanol–water partition coefficient (Wildman–Crippen LogP) is 3.21. The van der Waals surface area contributed by atoms with Gasteiger partial charge in [-0.2, -0.15) is 0 Å². The van der Waals surface area contributed by atoms with E-state index in [1.807, 2.05) is 39.0 Å². The van der Waals surface area contributed by atoms with Crippen LogP contribution in [0.1, 0.15) is 25.0 Å². The summed E-state index contributed by atoms with van der Waals surface area (Å²) in [4.78, 5) is 23.0. The molecule has 3 amide bonds. The number of nitrogens with zero attached hydrogens (tertiary/aromatic N) is 2. The Morgan fingerprint density at radius 1 is 1.20 bits per heavy atom. The summed E-state index contributed by atoms with van der Waals surface area (Å²) in [7, 11) is 0. The molecule has 0 aliphatic heterocycles. The first-order chi connectivity index (χ1) is 11.8. The van der Waals surface area contributed by atoms with Crippen LogP contribution in [-0.4, -0.2) is 27.4 Å². The van der Waals surface area contributed by atoms with Gasteiger partial charge in [0.2, 0.25) is 11.0 Å². The van der Waals surface area contributed by atoms with E-state index in [0.717, 1.165) is 5.69 Å². The number of hydrogen-bond donors (Lipinski definition) is 3. The summed E-state index contributed by atoms with van der Waals surface area (Å²) < 4.78 is 0.643. The Bertz CT molecular complexity index is 776. The van der Waals surface area contributed by atoms with Crippen LogP contribution < -0.4 is 16.4 Å². The van der Waals surface area contributed by atoms with Crippen molar-refractivity contribution < 1.29 is 9.59 Å². The minimum absolute atomic E-state index is 0.00408. The highest BCUT2D eigenvalue weighted by molar-refractivity contribution is 8.02. The number of benzene rings is 1. The number of amides is 3. The first-order valence-corrected chi connectivity index (χ1v) is 9.40. The smallest absolute Gasteiger partial charge is 0.318 e. The van der Waals surface area contributed by atoms with E-state index in [2.05, 4.69) is 27.8 Å². The Morgan fingerprint density at radius 3 is 2.52 bits per heavy atom. The zero-order valence-corrected chi connectivity index (χ0v) is 16.1. The molecule has 9 heteroatoms. The second-order valence-electron chi connectivity index (χ2n) is 5.93. The molecule has 2 aromatic rings. The zero-order chi connectivity index (χ0) is 18.6. The van der Waals surface area contributed by atoms with E-state index in [1.165, 1.54) is 34.2 Å². The number of carbonyl (C=O) groups excluding carboxylic acids is 2. The molecule has 0 saturated carbocycles. The third-order valence-electron chi connectivity index (χ3n) is 3.50. The van der Waals surface area contributed by atoms with Gasteiger partial charge in [-0.1, -0.05) is 43.0 Å². The summed E-state index contributed by atoms with van der Waals surface area (Å²) in [5.41, 5.74) is 8.36. The lowest BCUT2D eigenvalue weighted by atomic mass is 10.1. The number of urea groups is 1. The highest BCUT2D eigenvalue weighted by Crippen LogP contribution is 2.33. The lowest BCUT2D eigenvalue weighted by Gasteiger charge is -2.16. The fourth-order valence-corrected chi connectivity index (χ4v) is 4.03. The van der Waals surface area contributed by atoms with Crippen molar-refractivity contribution in [3.8, 4) is 0 Å². The summed E-state index contributed by atoms with van der Waals surface area (Å²) in [6.07, 6.45) is 0. The number of rotatable bonds is 6. The van der Waals surface area contributed by atoms with Crippen LogP contribution in [-0.2, 0) is 4.79 Å². The Balaban J connectivity index is 2.07. The molecule has 1 aromatic heterocycles. The standard InChI is InChI=1S/C16H21N5O2S2/c1-8(2)12(13(22)19-14(17)23)24-16-21-20-15(25-16)18-11-6-5-9(3)10(4)7-11/h5-8,12H,1-4H3,(H,18,20)(H3,17,19,22,23)/t12-/m0/s1. The number of anilines is 2. The van der Waals surface area contributed by atoms with Crippen molar-refractivity contribution in [1.29, 1.82) is 0 Å². The lowest BCUT2D eigenvalue weighted by Crippen LogP contribution is -2.42. The average Bonchev–Trinajstić information content (AvgIpc) is 2.94. The van der Waals surface area contributed by atoms with E-state index in [1.54, 1.807) is 0 Å². The average molecular weight is 380 g/mol. The van der Waals surface area contributed by atoms with E-state index in [4.69, 9.17) is 5.73 Å². The molecule has 0 radical (unpaired) electrons. The molecular formula is C16H21N5O2S2. The second-order valence-corrected chi connectivity index (χ2v) is 8.30. The van der Waals surface area contributed by atoms with Crippen molar-refractivity contribution in [2.24, 2.45) is 11.7 Å². The molecular weight excluding hydrogens is 358 g/mol. The van der Waals surface area contributed by atoms with E-state index in [-0.39, 0.29) is 5.92 Å². The molecule has 0 aliphatic carbocycles. The number of aromatic nitrogens is 2. The third kappa shape index (κ3) is 5.43. The molecule has 0 fully saturated rings. The largest absolute Gasteiger partial charge is 0.351 e. The molecule has 1 heterocycles. The van der Waals surface area contributed by atoms with Crippen LogP contribution in [0.4, 0.5) is 15.6 Å². The summed E-state index contributed by atoms with van der Waals surface area (Å²) in [5.74, 6) is -0.421. The second kappa shape index (κ2) is 8.30. The molecule has 25 heavy (non-hydrogen) atoms. The summed E-state index contributed by atoms with van der Waals surface area (Å²) in [6.45, 7) is 7.90. The minimum atomic E-state index is -0.856. The Kier molecular flexibility index (Phi) is 6.38. The van der Waals surface area contributed by atoms with Crippen molar-refractivity contribution in [2.75, 3.05) is 5.32 Å². The number of nitrogens with two attached hydrogens (primary N) is 1. The van der Waals surface area contributed by atoms with Gasteiger partial charge in [0, 0.05) is 5.69 Å². The van der Waals surface area contributed by atoms with Gasteiger partial charge >= 0.3 is 6.03 Å². The first-order valence-electron chi connectivity index (χ1n) is 7.71. The van der Waals surface area contributed by atoms with Crippen molar-refractivity contribution in [1.82, 2.24) is 15.5 Å². The molecule has 134 valence electrons. The van der Waals surface area contributed by atoms with Crippen molar-refractivity contribution in [3.05, 3.63) is 29.3 Å². The maximum atomic E-state index is 12.1. The number of imide groups is 1. The number of aryl methyl sites for hydroxylation is 2. The number of hydrogen-bond acceptors (Lipinski definition) is 7. The Hall–Kier alpha value is -2.13. The van der Waals surface area contributed by atoms with E-state index >= 15 is 0 Å². The zero-order valence-electron chi connectivity index (χ0n) is 14.5. The van der Waals surface area contributed by atoms with Crippen LogP contribution in [0.5, 0.6) is 0 Å². The fourth-order valence-electron chi connectivity index (χ4n) is 2.04. The maximum Gasteiger partial charge on any atom is 0.318 e. The van der Waals surface area contributed by atoms with E-state index in [9.17, 15) is 9.59 Å². The number of nitrogens with one attached hydrogen (secondary N) is 2. The molecule has 2 rings (SSSR count). The number of thioether (sulfide) groups is 1. The van der Waals surface area contributed by atoms with Gasteiger partial charge in [0.05, 0.1) is 5.25 Å². The van der Waals surface area contributed by atoms with Gasteiger partial charge in [0.1, 0.15) is 0 Å². The van der Waals surface area contributed by atoms with Crippen LogP contribution in [0.15, 0.2) is 22.5 Å². The van der Waals surface area contributed by atoms with Crippen LogP contribution in [0.25, 0.3) is 0 Å². The molecule has 4 N–H and O–H groups in total. The predicted molar refractivity (Wildman–Crippen MR) is 101 cm³/mol. The van der Waals surface area contributed by atoms with E-state index in [0.29, 0.717) is 9.47 Å². The number of primary amides is 1. The molecule has 7 nitrogen and oxygen atoms in total. The van der Waals surface area contributed by atoms with Crippen LogP contribution in [0.2, 0.25) is 0 Å². The van der Waals surface area contributed by atoms with Crippen molar-refractivity contribution >= 4 is 45.9 Å². The molecule has 1 atom stereocenters. The molecule has 0 aliphatic rings. The Morgan fingerprint density at radius 2 is 1.92 bits per heavy atom. The summed E-state index contributed by atoms with van der Waals surface area (Å²) >= 11 is 2.62. The first kappa shape index (κ1) is 19.2. The molecule has 1 aromatic carbocycles.